The van der Waals surface area contributed by atoms with E-state index >= 15 is 0 Å². The summed E-state index contributed by atoms with van der Waals surface area (Å²) in [6.45, 7) is 4.12. The smallest absolute Gasteiger partial charge is 0.170 e. The standard InChI is InChI=1S/C21H27N3O2S/c1-15-13-16-7-4-5-8-19(16)24(15)12-6-11-22-21(27)23-18-10-9-17(25-2)14-20(18)26-3/h4-5,7-10,14-15H,6,11-13H2,1-3H3,(H2,22,23,27). The van der Waals surface area contributed by atoms with Crippen molar-refractivity contribution in [2.45, 2.75) is 25.8 Å². The van der Waals surface area contributed by atoms with E-state index in [0.29, 0.717) is 16.9 Å². The summed E-state index contributed by atoms with van der Waals surface area (Å²) >= 11 is 5.42. The maximum absolute atomic E-state index is 5.42. The minimum Gasteiger partial charge on any atom is -0.497 e. The summed E-state index contributed by atoms with van der Waals surface area (Å²) in [4.78, 5) is 2.49. The first-order valence-electron chi connectivity index (χ1n) is 9.23. The van der Waals surface area contributed by atoms with E-state index in [-0.39, 0.29) is 0 Å². The van der Waals surface area contributed by atoms with E-state index in [9.17, 15) is 0 Å². The Morgan fingerprint density at radius 2 is 2.00 bits per heavy atom. The van der Waals surface area contributed by atoms with Crippen LogP contribution in [0.25, 0.3) is 0 Å². The highest BCUT2D eigenvalue weighted by Crippen LogP contribution is 2.31. The molecule has 27 heavy (non-hydrogen) atoms. The zero-order valence-corrected chi connectivity index (χ0v) is 16.9. The Labute approximate surface area is 166 Å². The third-order valence-corrected chi connectivity index (χ3v) is 5.11. The summed E-state index contributed by atoms with van der Waals surface area (Å²) in [7, 11) is 3.26. The van der Waals surface area contributed by atoms with Gasteiger partial charge in [-0.3, -0.25) is 0 Å². The van der Waals surface area contributed by atoms with Crippen LogP contribution in [0.4, 0.5) is 11.4 Å². The lowest BCUT2D eigenvalue weighted by molar-refractivity contribution is 0.395. The van der Waals surface area contributed by atoms with E-state index in [2.05, 4.69) is 46.7 Å². The summed E-state index contributed by atoms with van der Waals surface area (Å²) < 4.78 is 10.6. The maximum Gasteiger partial charge on any atom is 0.170 e. The number of rotatable bonds is 7. The fourth-order valence-corrected chi connectivity index (χ4v) is 3.70. The highest BCUT2D eigenvalue weighted by atomic mass is 32.1. The van der Waals surface area contributed by atoms with Crippen LogP contribution in [-0.4, -0.2) is 38.5 Å². The molecule has 144 valence electrons. The van der Waals surface area contributed by atoms with Gasteiger partial charge in [-0.05, 0) is 55.7 Å². The van der Waals surface area contributed by atoms with E-state index in [1.165, 1.54) is 11.3 Å². The molecule has 2 aromatic rings. The average molecular weight is 386 g/mol. The Morgan fingerprint density at radius 3 is 2.78 bits per heavy atom. The molecule has 1 atom stereocenters. The molecule has 0 aliphatic carbocycles. The highest BCUT2D eigenvalue weighted by molar-refractivity contribution is 7.80. The van der Waals surface area contributed by atoms with Crippen LogP contribution in [0.15, 0.2) is 42.5 Å². The lowest BCUT2D eigenvalue weighted by Crippen LogP contribution is -2.34. The van der Waals surface area contributed by atoms with Crippen LogP contribution in [0.3, 0.4) is 0 Å². The van der Waals surface area contributed by atoms with Crippen LogP contribution in [-0.2, 0) is 6.42 Å². The van der Waals surface area contributed by atoms with Gasteiger partial charge in [0, 0.05) is 30.9 Å². The van der Waals surface area contributed by atoms with Gasteiger partial charge >= 0.3 is 0 Å². The molecule has 0 spiro atoms. The summed E-state index contributed by atoms with van der Waals surface area (Å²) in [5.74, 6) is 1.44. The molecule has 0 aromatic heterocycles. The first kappa shape index (κ1) is 19.3. The molecule has 0 amide bonds. The number of para-hydroxylation sites is 1. The summed E-state index contributed by atoms with van der Waals surface area (Å²) in [5.41, 5.74) is 3.63. The van der Waals surface area contributed by atoms with Gasteiger partial charge in [0.15, 0.2) is 5.11 Å². The number of thiocarbonyl (C=S) groups is 1. The third-order valence-electron chi connectivity index (χ3n) is 4.87. The number of benzene rings is 2. The second kappa shape index (κ2) is 8.95. The average Bonchev–Trinajstić information content (AvgIpc) is 3.00. The molecular formula is C21H27N3O2S. The molecule has 1 aliphatic rings. The number of anilines is 2. The summed E-state index contributed by atoms with van der Waals surface area (Å²) in [5, 5.41) is 7.06. The molecule has 0 fully saturated rings. The van der Waals surface area contributed by atoms with Crippen molar-refractivity contribution in [1.82, 2.24) is 5.32 Å². The molecule has 0 bridgehead atoms. The van der Waals surface area contributed by atoms with Gasteiger partial charge in [0.1, 0.15) is 11.5 Å². The number of hydrogen-bond donors (Lipinski definition) is 2. The van der Waals surface area contributed by atoms with Crippen molar-refractivity contribution in [2.75, 3.05) is 37.5 Å². The molecular weight excluding hydrogens is 358 g/mol. The van der Waals surface area contributed by atoms with Gasteiger partial charge in [0.25, 0.3) is 0 Å². The Hall–Kier alpha value is -2.47. The number of methoxy groups -OCH3 is 2. The van der Waals surface area contributed by atoms with Crippen LogP contribution < -0.4 is 25.0 Å². The van der Waals surface area contributed by atoms with E-state index < -0.39 is 0 Å². The summed E-state index contributed by atoms with van der Waals surface area (Å²) in [6.07, 6.45) is 2.14. The fraction of sp³-hybridized carbons (Fsp3) is 0.381. The first-order valence-corrected chi connectivity index (χ1v) is 9.64. The number of fused-ring (bicyclic) bond motifs is 1. The van der Waals surface area contributed by atoms with Crippen LogP contribution in [0.2, 0.25) is 0 Å². The molecule has 6 heteroatoms. The van der Waals surface area contributed by atoms with Gasteiger partial charge in [0.2, 0.25) is 0 Å². The summed E-state index contributed by atoms with van der Waals surface area (Å²) in [6, 6.07) is 14.8. The Bertz CT molecular complexity index is 797. The van der Waals surface area contributed by atoms with E-state index in [4.69, 9.17) is 21.7 Å². The maximum atomic E-state index is 5.42. The molecule has 0 saturated carbocycles. The minimum atomic E-state index is 0.552. The minimum absolute atomic E-state index is 0.552. The lowest BCUT2D eigenvalue weighted by Gasteiger charge is -2.25. The Balaban J connectivity index is 1.47. The third kappa shape index (κ3) is 4.63. The van der Waals surface area contributed by atoms with Gasteiger partial charge in [-0.2, -0.15) is 0 Å². The van der Waals surface area contributed by atoms with Crippen molar-refractivity contribution in [3.05, 3.63) is 48.0 Å². The SMILES string of the molecule is COc1ccc(NC(=S)NCCCN2c3ccccc3CC2C)c(OC)c1. The van der Waals surface area contributed by atoms with Crippen LogP contribution in [0.5, 0.6) is 11.5 Å². The van der Waals surface area contributed by atoms with Gasteiger partial charge in [0.05, 0.1) is 19.9 Å². The first-order chi connectivity index (χ1) is 13.1. The number of ether oxygens (including phenoxy) is 2. The van der Waals surface area contributed by atoms with Gasteiger partial charge < -0.3 is 25.0 Å². The predicted octanol–water partition coefficient (Wildman–Crippen LogP) is 3.83. The van der Waals surface area contributed by atoms with Crippen molar-refractivity contribution >= 4 is 28.7 Å². The molecule has 1 unspecified atom stereocenters. The highest BCUT2D eigenvalue weighted by Gasteiger charge is 2.24. The fourth-order valence-electron chi connectivity index (χ4n) is 3.49. The topological polar surface area (TPSA) is 45.8 Å². The second-order valence-electron chi connectivity index (χ2n) is 6.68. The van der Waals surface area contributed by atoms with Crippen LogP contribution >= 0.6 is 12.2 Å². The van der Waals surface area contributed by atoms with Crippen molar-refractivity contribution in [1.29, 1.82) is 0 Å². The molecule has 2 aromatic carbocycles. The van der Waals surface area contributed by atoms with E-state index in [1.54, 1.807) is 14.2 Å². The van der Waals surface area contributed by atoms with Gasteiger partial charge in [-0.25, -0.2) is 0 Å². The molecule has 5 nitrogen and oxygen atoms in total. The van der Waals surface area contributed by atoms with Crippen molar-refractivity contribution in [3.63, 3.8) is 0 Å². The molecule has 2 N–H and O–H groups in total. The monoisotopic (exact) mass is 385 g/mol. The van der Waals surface area contributed by atoms with E-state index in [1.807, 2.05) is 18.2 Å². The largest absolute Gasteiger partial charge is 0.497 e. The Kier molecular flexibility index (Phi) is 6.40. The molecule has 1 heterocycles. The number of nitrogens with zero attached hydrogens (tertiary/aromatic N) is 1. The lowest BCUT2D eigenvalue weighted by atomic mass is 10.1. The van der Waals surface area contributed by atoms with Crippen LogP contribution in [0, 0.1) is 0 Å². The predicted molar refractivity (Wildman–Crippen MR) is 115 cm³/mol. The zero-order chi connectivity index (χ0) is 19.2. The quantitative estimate of drug-likeness (QED) is 0.558. The van der Waals surface area contributed by atoms with E-state index in [0.717, 1.165) is 37.4 Å². The van der Waals surface area contributed by atoms with Crippen molar-refractivity contribution in [2.24, 2.45) is 0 Å². The number of hydrogen-bond acceptors (Lipinski definition) is 4. The molecule has 0 saturated heterocycles. The normalized spacial score (nSPS) is 15.2. The molecule has 3 rings (SSSR count). The second-order valence-corrected chi connectivity index (χ2v) is 7.08. The Morgan fingerprint density at radius 1 is 1.19 bits per heavy atom. The van der Waals surface area contributed by atoms with Crippen LogP contribution in [0.1, 0.15) is 18.9 Å². The van der Waals surface area contributed by atoms with Gasteiger partial charge in [-0.15, -0.1) is 0 Å². The number of nitrogens with one attached hydrogen (secondary N) is 2. The van der Waals surface area contributed by atoms with Crippen molar-refractivity contribution < 1.29 is 9.47 Å². The molecule has 0 radical (unpaired) electrons. The molecule has 1 aliphatic heterocycles. The van der Waals surface area contributed by atoms with Gasteiger partial charge in [-0.1, -0.05) is 18.2 Å². The van der Waals surface area contributed by atoms with Crippen molar-refractivity contribution in [3.8, 4) is 11.5 Å². The zero-order valence-electron chi connectivity index (χ0n) is 16.1.